The van der Waals surface area contributed by atoms with Crippen molar-refractivity contribution >= 4 is 23.2 Å². The molecular weight excluding hydrogens is 295 g/mol. The molecule has 2 aromatic heterocycles. The van der Waals surface area contributed by atoms with Crippen molar-refractivity contribution in [2.45, 2.75) is 33.7 Å². The van der Waals surface area contributed by atoms with E-state index in [9.17, 15) is 0 Å². The van der Waals surface area contributed by atoms with Crippen LogP contribution in [-0.2, 0) is 6.54 Å². The average Bonchev–Trinajstić information content (AvgIpc) is 2.69. The van der Waals surface area contributed by atoms with Crippen LogP contribution in [0.5, 0.6) is 0 Å². The van der Waals surface area contributed by atoms with Gasteiger partial charge in [0, 0.05) is 12.7 Å². The lowest BCUT2D eigenvalue weighted by molar-refractivity contribution is 0.673. The van der Waals surface area contributed by atoms with E-state index in [1.54, 1.807) is 10.9 Å². The number of halogens is 2. The van der Waals surface area contributed by atoms with E-state index in [1.165, 1.54) is 0 Å². The molecule has 0 unspecified atom stereocenters. The topological polar surface area (TPSA) is 42.7 Å². The predicted octanol–water partition coefficient (Wildman–Crippen LogP) is 3.69. The zero-order chi connectivity index (χ0) is 14.7. The molecule has 0 aliphatic heterocycles. The number of aryl methyl sites for hydroxylation is 1. The molecule has 0 fully saturated rings. The molecule has 108 valence electrons. The van der Waals surface area contributed by atoms with Gasteiger partial charge in [-0.2, -0.15) is 5.10 Å². The van der Waals surface area contributed by atoms with E-state index in [1.807, 2.05) is 19.9 Å². The van der Waals surface area contributed by atoms with Gasteiger partial charge in [0.1, 0.15) is 0 Å². The summed E-state index contributed by atoms with van der Waals surface area (Å²) in [6.45, 7) is 7.61. The van der Waals surface area contributed by atoms with Crippen LogP contribution in [0.2, 0.25) is 10.0 Å². The van der Waals surface area contributed by atoms with Gasteiger partial charge in [-0.25, -0.2) is 9.67 Å². The Morgan fingerprint density at radius 2 is 2.05 bits per heavy atom. The molecule has 4 nitrogen and oxygen atoms in total. The second-order valence-corrected chi connectivity index (χ2v) is 5.49. The Hall–Kier alpha value is -1.10. The zero-order valence-electron chi connectivity index (χ0n) is 11.9. The quantitative estimate of drug-likeness (QED) is 0.856. The standard InChI is InChI=1S/C14H18Cl2N4/c1-4-5-17-7-11-6-13(18-8-12(11)15)20-10(3)14(16)9(2)19-20/h6,8,17H,4-5,7H2,1-3H3. The molecule has 20 heavy (non-hydrogen) atoms. The lowest BCUT2D eigenvalue weighted by atomic mass is 10.2. The predicted molar refractivity (Wildman–Crippen MR) is 82.9 cm³/mol. The van der Waals surface area contributed by atoms with E-state index in [2.05, 4.69) is 22.3 Å². The molecule has 0 aliphatic carbocycles. The minimum atomic E-state index is 0.657. The first kappa shape index (κ1) is 15.3. The fraction of sp³-hybridized carbons (Fsp3) is 0.429. The van der Waals surface area contributed by atoms with Gasteiger partial charge in [0.15, 0.2) is 5.82 Å². The molecule has 0 amide bonds. The molecular formula is C14H18Cl2N4. The van der Waals surface area contributed by atoms with Gasteiger partial charge < -0.3 is 5.32 Å². The maximum atomic E-state index is 6.18. The number of aromatic nitrogens is 3. The molecule has 0 saturated carbocycles. The molecule has 1 N–H and O–H groups in total. The first-order chi connectivity index (χ1) is 9.54. The number of hydrogen-bond acceptors (Lipinski definition) is 3. The highest BCUT2D eigenvalue weighted by Gasteiger charge is 2.13. The van der Waals surface area contributed by atoms with E-state index in [4.69, 9.17) is 23.2 Å². The van der Waals surface area contributed by atoms with Gasteiger partial charge in [0.2, 0.25) is 0 Å². The van der Waals surface area contributed by atoms with E-state index < -0.39 is 0 Å². The molecule has 2 aromatic rings. The van der Waals surface area contributed by atoms with Crippen molar-refractivity contribution in [1.29, 1.82) is 0 Å². The van der Waals surface area contributed by atoms with Crippen molar-refractivity contribution in [2.24, 2.45) is 0 Å². The van der Waals surface area contributed by atoms with E-state index in [0.29, 0.717) is 10.0 Å². The first-order valence-electron chi connectivity index (χ1n) is 6.61. The van der Waals surface area contributed by atoms with E-state index in [0.717, 1.165) is 42.3 Å². The fourth-order valence-electron chi connectivity index (χ4n) is 1.97. The Balaban J connectivity index is 2.33. The molecule has 0 spiro atoms. The van der Waals surface area contributed by atoms with Crippen LogP contribution in [0.15, 0.2) is 12.3 Å². The van der Waals surface area contributed by atoms with Crippen molar-refractivity contribution in [3.8, 4) is 5.82 Å². The van der Waals surface area contributed by atoms with Crippen molar-refractivity contribution in [1.82, 2.24) is 20.1 Å². The Kier molecular flexibility index (Phi) is 5.02. The Bertz CT molecular complexity index is 607. The van der Waals surface area contributed by atoms with Gasteiger partial charge in [-0.3, -0.25) is 0 Å². The molecule has 0 atom stereocenters. The first-order valence-corrected chi connectivity index (χ1v) is 7.37. The number of hydrogen-bond donors (Lipinski definition) is 1. The second-order valence-electron chi connectivity index (χ2n) is 4.71. The highest BCUT2D eigenvalue weighted by Crippen LogP contribution is 2.23. The van der Waals surface area contributed by atoms with Crippen molar-refractivity contribution < 1.29 is 0 Å². The summed E-state index contributed by atoms with van der Waals surface area (Å²) in [4.78, 5) is 4.33. The molecule has 0 radical (unpaired) electrons. The van der Waals surface area contributed by atoms with E-state index >= 15 is 0 Å². The number of nitrogens with zero attached hydrogens (tertiary/aromatic N) is 3. The smallest absolute Gasteiger partial charge is 0.154 e. The SMILES string of the molecule is CCCNCc1cc(-n2nc(C)c(Cl)c2C)ncc1Cl. The molecule has 2 heterocycles. The monoisotopic (exact) mass is 312 g/mol. The third-order valence-corrected chi connectivity index (χ3v) is 3.97. The van der Waals surface area contributed by atoms with E-state index in [-0.39, 0.29) is 0 Å². The summed E-state index contributed by atoms with van der Waals surface area (Å²) >= 11 is 12.4. The summed E-state index contributed by atoms with van der Waals surface area (Å²) in [5.41, 5.74) is 2.69. The molecule has 0 bridgehead atoms. The van der Waals surface area contributed by atoms with Gasteiger partial charge in [0.25, 0.3) is 0 Å². The van der Waals surface area contributed by atoms with Gasteiger partial charge in [-0.1, -0.05) is 30.1 Å². The van der Waals surface area contributed by atoms with Gasteiger partial charge >= 0.3 is 0 Å². The molecule has 2 rings (SSSR count). The van der Waals surface area contributed by atoms with Crippen LogP contribution in [0.3, 0.4) is 0 Å². The minimum Gasteiger partial charge on any atom is -0.313 e. The van der Waals surface area contributed by atoms with Crippen LogP contribution < -0.4 is 5.32 Å². The van der Waals surface area contributed by atoms with Crippen LogP contribution in [0.1, 0.15) is 30.3 Å². The van der Waals surface area contributed by atoms with Crippen LogP contribution in [-0.4, -0.2) is 21.3 Å². The summed E-state index contributed by atoms with van der Waals surface area (Å²) in [6, 6.07) is 1.95. The summed E-state index contributed by atoms with van der Waals surface area (Å²) in [7, 11) is 0. The number of rotatable bonds is 5. The van der Waals surface area contributed by atoms with Crippen molar-refractivity contribution in [3.63, 3.8) is 0 Å². The third-order valence-electron chi connectivity index (χ3n) is 3.08. The van der Waals surface area contributed by atoms with Crippen LogP contribution >= 0.6 is 23.2 Å². The maximum Gasteiger partial charge on any atom is 0.154 e. The molecule has 6 heteroatoms. The minimum absolute atomic E-state index is 0.657. The summed E-state index contributed by atoms with van der Waals surface area (Å²) in [5, 5.41) is 9.07. The normalized spacial score (nSPS) is 11.1. The lowest BCUT2D eigenvalue weighted by Crippen LogP contribution is -2.15. The highest BCUT2D eigenvalue weighted by molar-refractivity contribution is 6.32. The molecule has 0 aromatic carbocycles. The fourth-order valence-corrected chi connectivity index (χ4v) is 2.25. The zero-order valence-corrected chi connectivity index (χ0v) is 13.4. The van der Waals surface area contributed by atoms with Gasteiger partial charge in [-0.05, 0) is 38.4 Å². The largest absolute Gasteiger partial charge is 0.313 e. The van der Waals surface area contributed by atoms with Crippen LogP contribution in [0, 0.1) is 13.8 Å². The Morgan fingerprint density at radius 3 is 2.65 bits per heavy atom. The third kappa shape index (κ3) is 3.14. The van der Waals surface area contributed by atoms with Crippen molar-refractivity contribution in [2.75, 3.05) is 6.54 Å². The summed E-state index contributed by atoms with van der Waals surface area (Å²) in [6.07, 6.45) is 2.74. The van der Waals surface area contributed by atoms with Gasteiger partial charge in [0.05, 0.1) is 21.4 Å². The maximum absolute atomic E-state index is 6.18. The van der Waals surface area contributed by atoms with Gasteiger partial charge in [-0.15, -0.1) is 0 Å². The second kappa shape index (κ2) is 6.57. The summed E-state index contributed by atoms with van der Waals surface area (Å²) < 4.78 is 1.75. The van der Waals surface area contributed by atoms with Crippen LogP contribution in [0.25, 0.3) is 5.82 Å². The van der Waals surface area contributed by atoms with Crippen molar-refractivity contribution in [3.05, 3.63) is 39.3 Å². The van der Waals surface area contributed by atoms with Crippen LogP contribution in [0.4, 0.5) is 0 Å². The Morgan fingerprint density at radius 1 is 1.30 bits per heavy atom. The average molecular weight is 313 g/mol. The molecule has 0 aliphatic rings. The highest BCUT2D eigenvalue weighted by atomic mass is 35.5. The Labute approximate surface area is 129 Å². The number of pyridine rings is 1. The number of nitrogens with one attached hydrogen (secondary N) is 1. The lowest BCUT2D eigenvalue weighted by Gasteiger charge is -2.09. The molecule has 0 saturated heterocycles. The summed E-state index contributed by atoms with van der Waals surface area (Å²) in [5.74, 6) is 0.732.